The predicted octanol–water partition coefficient (Wildman–Crippen LogP) is 8.61. The van der Waals surface area contributed by atoms with Crippen molar-refractivity contribution in [2.45, 2.75) is 80.1 Å². The van der Waals surface area contributed by atoms with Crippen LogP contribution in [-0.2, 0) is 9.59 Å². The third kappa shape index (κ3) is 3.63. The van der Waals surface area contributed by atoms with E-state index in [0.717, 1.165) is 83.3 Å². The first-order valence-electron chi connectivity index (χ1n) is 15.0. The Labute approximate surface area is 239 Å². The number of benzene rings is 2. The molecule has 0 saturated heterocycles. The number of hydrogen-bond donors (Lipinski definition) is 2. The third-order valence-corrected chi connectivity index (χ3v) is 11.9. The molecule has 2 aromatic carbocycles. The molecule has 4 aliphatic rings. The number of amides is 2. The number of carbonyl (C=O) groups is 2. The van der Waals surface area contributed by atoms with Crippen molar-refractivity contribution < 1.29 is 9.59 Å². The third-order valence-electron chi connectivity index (χ3n) is 11.9. The number of aryl methyl sites for hydroxylation is 2. The molecular weight excluding hydrogens is 492 g/mol. The predicted molar refractivity (Wildman–Crippen MR) is 164 cm³/mol. The van der Waals surface area contributed by atoms with Crippen molar-refractivity contribution in [2.24, 2.45) is 33.5 Å². The summed E-state index contributed by atoms with van der Waals surface area (Å²) in [6.45, 7) is 21.8. The number of hydrogen-bond acceptors (Lipinski definition) is 2. The van der Waals surface area contributed by atoms with Gasteiger partial charge in [-0.2, -0.15) is 0 Å². The van der Waals surface area contributed by atoms with E-state index in [-0.39, 0.29) is 22.6 Å². The van der Waals surface area contributed by atoms with Gasteiger partial charge in [0.1, 0.15) is 0 Å². The first-order valence-corrected chi connectivity index (χ1v) is 15.0. The fraction of sp³-hybridized carbons (Fsp3) is 0.500. The van der Waals surface area contributed by atoms with E-state index in [2.05, 4.69) is 75.8 Å². The molecule has 2 aromatic rings. The van der Waals surface area contributed by atoms with Gasteiger partial charge in [-0.05, 0) is 122 Å². The SMILES string of the molecule is C=C1C(C)(C)[C@@H]2CC[C@]1(C(=O)Nc1ccc(-c3ccc(NC(=O)[C@@]45CC[C@@H](C4)C(C)(C)C5=C)c(C)c3)cc1C)C2. The summed E-state index contributed by atoms with van der Waals surface area (Å²) in [5.41, 5.74) is 7.34. The second-order valence-corrected chi connectivity index (χ2v) is 14.4. The van der Waals surface area contributed by atoms with E-state index in [1.54, 1.807) is 0 Å². The highest BCUT2D eigenvalue weighted by Crippen LogP contribution is 2.66. The average molecular weight is 537 g/mol. The van der Waals surface area contributed by atoms with Crippen molar-refractivity contribution in [1.29, 1.82) is 0 Å². The molecule has 4 atom stereocenters. The van der Waals surface area contributed by atoms with Gasteiger partial charge in [0.05, 0.1) is 10.8 Å². The summed E-state index contributed by atoms with van der Waals surface area (Å²) in [5.74, 6) is 1.28. The van der Waals surface area contributed by atoms with Gasteiger partial charge in [-0.3, -0.25) is 9.59 Å². The smallest absolute Gasteiger partial charge is 0.234 e. The molecule has 4 heteroatoms. The molecule has 4 bridgehead atoms. The van der Waals surface area contributed by atoms with Crippen LogP contribution in [0.3, 0.4) is 0 Å². The Morgan fingerprint density at radius 2 is 1.07 bits per heavy atom. The minimum atomic E-state index is -0.434. The summed E-state index contributed by atoms with van der Waals surface area (Å²) in [6.07, 6.45) is 5.83. The topological polar surface area (TPSA) is 58.2 Å². The Balaban J connectivity index is 1.17. The fourth-order valence-electron chi connectivity index (χ4n) is 8.73. The number of fused-ring (bicyclic) bond motifs is 4. The van der Waals surface area contributed by atoms with Crippen molar-refractivity contribution >= 4 is 23.2 Å². The Kier molecular flexibility index (Phi) is 5.87. The summed E-state index contributed by atoms with van der Waals surface area (Å²) >= 11 is 0. The van der Waals surface area contributed by atoms with Crippen LogP contribution in [0.2, 0.25) is 0 Å². The van der Waals surface area contributed by atoms with Crippen LogP contribution in [-0.4, -0.2) is 11.8 Å². The first-order chi connectivity index (χ1) is 18.7. The highest BCUT2D eigenvalue weighted by atomic mass is 16.2. The van der Waals surface area contributed by atoms with Gasteiger partial charge in [-0.15, -0.1) is 0 Å². The molecule has 4 aliphatic carbocycles. The summed E-state index contributed by atoms with van der Waals surface area (Å²) < 4.78 is 0. The second-order valence-electron chi connectivity index (χ2n) is 14.4. The summed E-state index contributed by atoms with van der Waals surface area (Å²) in [4.78, 5) is 27.1. The van der Waals surface area contributed by atoms with Gasteiger partial charge < -0.3 is 10.6 Å². The first kappa shape index (κ1) is 27.1. The molecule has 4 nitrogen and oxygen atoms in total. The Bertz CT molecular complexity index is 1370. The van der Waals surface area contributed by atoms with Crippen molar-refractivity contribution in [1.82, 2.24) is 0 Å². The highest BCUT2D eigenvalue weighted by Gasteiger charge is 2.62. The quantitative estimate of drug-likeness (QED) is 0.376. The second kappa shape index (κ2) is 8.68. The molecule has 40 heavy (non-hydrogen) atoms. The maximum atomic E-state index is 13.6. The van der Waals surface area contributed by atoms with Crippen molar-refractivity contribution in [3.8, 4) is 11.1 Å². The molecule has 0 aliphatic heterocycles. The summed E-state index contributed by atoms with van der Waals surface area (Å²) in [6, 6.07) is 12.4. The molecule has 0 radical (unpaired) electrons. The van der Waals surface area contributed by atoms with Crippen LogP contribution < -0.4 is 10.6 Å². The maximum absolute atomic E-state index is 13.6. The van der Waals surface area contributed by atoms with E-state index < -0.39 is 10.8 Å². The van der Waals surface area contributed by atoms with E-state index in [0.29, 0.717) is 11.8 Å². The zero-order valence-electron chi connectivity index (χ0n) is 25.1. The van der Waals surface area contributed by atoms with Crippen LogP contribution in [0.1, 0.15) is 77.3 Å². The highest BCUT2D eigenvalue weighted by molar-refractivity contribution is 6.00. The van der Waals surface area contributed by atoms with E-state index in [1.165, 1.54) is 0 Å². The molecule has 2 amide bonds. The number of nitrogens with one attached hydrogen (secondary N) is 2. The van der Waals surface area contributed by atoms with Crippen molar-refractivity contribution in [3.63, 3.8) is 0 Å². The monoisotopic (exact) mass is 536 g/mol. The van der Waals surface area contributed by atoms with Crippen LogP contribution in [0.25, 0.3) is 11.1 Å². The van der Waals surface area contributed by atoms with E-state index in [9.17, 15) is 9.59 Å². The van der Waals surface area contributed by atoms with Gasteiger partial charge in [0.2, 0.25) is 11.8 Å². The lowest BCUT2D eigenvalue weighted by Crippen LogP contribution is -2.37. The standard InChI is InChI=1S/C36H44N2O2/c1-21-17-25(9-11-29(21)37-31(39)35-15-13-27(19-35)33(5,6)23(35)3)26-10-12-30(22(2)18-26)38-32(40)36-16-14-28(20-36)34(7,8)24(36)4/h9-12,17-18,27-28H,3-4,13-16,19-20H2,1-2,5-8H3,(H,37,39)(H,38,40)/t27-,28+,35-,36-/m0/s1. The average Bonchev–Trinajstić information content (AvgIpc) is 3.64. The van der Waals surface area contributed by atoms with Crippen LogP contribution in [0.4, 0.5) is 11.4 Å². The van der Waals surface area contributed by atoms with Gasteiger partial charge in [0.15, 0.2) is 0 Å². The molecule has 0 unspecified atom stereocenters. The molecule has 2 N–H and O–H groups in total. The van der Waals surface area contributed by atoms with Gasteiger partial charge in [-0.25, -0.2) is 0 Å². The summed E-state index contributed by atoms with van der Waals surface area (Å²) in [7, 11) is 0. The van der Waals surface area contributed by atoms with E-state index in [4.69, 9.17) is 0 Å². The molecule has 210 valence electrons. The van der Waals surface area contributed by atoms with Crippen molar-refractivity contribution in [2.75, 3.05) is 10.6 Å². The van der Waals surface area contributed by atoms with E-state index in [1.807, 2.05) is 26.0 Å². The minimum Gasteiger partial charge on any atom is -0.325 e. The van der Waals surface area contributed by atoms with Crippen molar-refractivity contribution in [3.05, 3.63) is 71.8 Å². The molecule has 0 aromatic heterocycles. The van der Waals surface area contributed by atoms with Crippen LogP contribution in [0.15, 0.2) is 60.7 Å². The number of anilines is 2. The Hall–Kier alpha value is -3.14. The largest absolute Gasteiger partial charge is 0.325 e. The zero-order valence-corrected chi connectivity index (χ0v) is 25.1. The number of rotatable bonds is 5. The molecule has 0 spiro atoms. The lowest BCUT2D eigenvalue weighted by atomic mass is 9.68. The lowest BCUT2D eigenvalue weighted by molar-refractivity contribution is -0.124. The summed E-state index contributed by atoms with van der Waals surface area (Å²) in [5, 5.41) is 6.51. The molecule has 0 heterocycles. The Morgan fingerprint density at radius 3 is 1.38 bits per heavy atom. The fourth-order valence-corrected chi connectivity index (χ4v) is 8.73. The van der Waals surface area contributed by atoms with E-state index >= 15 is 0 Å². The molecule has 4 saturated carbocycles. The molecule has 4 fully saturated rings. The molecular formula is C36H44N2O2. The van der Waals surface area contributed by atoms with Crippen LogP contribution in [0, 0.1) is 47.3 Å². The normalized spacial score (nSPS) is 31.1. The van der Waals surface area contributed by atoms with Crippen LogP contribution >= 0.6 is 0 Å². The molecule has 6 rings (SSSR count). The maximum Gasteiger partial charge on any atom is 0.234 e. The van der Waals surface area contributed by atoms with Gasteiger partial charge >= 0.3 is 0 Å². The minimum absolute atomic E-state index is 0.0266. The van der Waals surface area contributed by atoms with Crippen LogP contribution in [0.5, 0.6) is 0 Å². The number of carbonyl (C=O) groups excluding carboxylic acids is 2. The van der Waals surface area contributed by atoms with Gasteiger partial charge in [-0.1, -0.05) is 64.1 Å². The Morgan fingerprint density at radius 1 is 0.700 bits per heavy atom. The van der Waals surface area contributed by atoms with Gasteiger partial charge in [0.25, 0.3) is 0 Å². The lowest BCUT2D eigenvalue weighted by Gasteiger charge is -2.37. The van der Waals surface area contributed by atoms with Gasteiger partial charge in [0, 0.05) is 11.4 Å². The zero-order chi connectivity index (χ0) is 28.8.